The van der Waals surface area contributed by atoms with Gasteiger partial charge in [-0.15, -0.1) is 11.8 Å². The average molecular weight is 211 g/mol. The lowest BCUT2D eigenvalue weighted by Crippen LogP contribution is -2.03. The molecule has 0 aliphatic carbocycles. The van der Waals surface area contributed by atoms with Crippen LogP contribution in [0.4, 0.5) is 5.69 Å². The first-order chi connectivity index (χ1) is 6.63. The Hall–Kier alpha value is -0.670. The molecule has 0 aliphatic rings. The summed E-state index contributed by atoms with van der Waals surface area (Å²) in [6.07, 6.45) is 0. The van der Waals surface area contributed by atoms with Crippen LogP contribution in [-0.4, -0.2) is 17.5 Å². The minimum absolute atomic E-state index is 0.251. The molecule has 0 heterocycles. The van der Waals surface area contributed by atoms with Gasteiger partial charge in [0, 0.05) is 22.9 Å². The summed E-state index contributed by atoms with van der Waals surface area (Å²) in [5.74, 6) is 1.29. The maximum absolute atomic E-state index is 8.89. The number of aliphatic hydroxyl groups is 1. The molecule has 0 radical (unpaired) electrons. The molecule has 1 aromatic carbocycles. The Bertz CT molecular complexity index is 301. The van der Waals surface area contributed by atoms with Gasteiger partial charge < -0.3 is 10.8 Å². The van der Waals surface area contributed by atoms with E-state index in [9.17, 15) is 0 Å². The lowest BCUT2D eigenvalue weighted by molar-refractivity contribution is 0.250. The van der Waals surface area contributed by atoms with Crippen molar-refractivity contribution in [2.45, 2.75) is 18.7 Å². The average Bonchev–Trinajstić information content (AvgIpc) is 2.16. The highest BCUT2D eigenvalue weighted by atomic mass is 32.2. The molecular formula is C11H17NOS. The third kappa shape index (κ3) is 3.24. The summed E-state index contributed by atoms with van der Waals surface area (Å²) in [7, 11) is 0. The fourth-order valence-electron chi connectivity index (χ4n) is 1.12. The van der Waals surface area contributed by atoms with Crippen molar-refractivity contribution in [2.75, 3.05) is 18.1 Å². The SMILES string of the molecule is Cc1cc(N)ccc1SCC(C)CO. The fraction of sp³-hybridized carbons (Fsp3) is 0.455. The number of nitrogens with two attached hydrogens (primary N) is 1. The van der Waals surface area contributed by atoms with Crippen molar-refractivity contribution < 1.29 is 5.11 Å². The lowest BCUT2D eigenvalue weighted by atomic mass is 10.2. The minimum Gasteiger partial charge on any atom is -0.399 e. The van der Waals surface area contributed by atoms with Crippen LogP contribution in [0.2, 0.25) is 0 Å². The summed E-state index contributed by atoms with van der Waals surface area (Å²) in [6, 6.07) is 5.93. The maximum Gasteiger partial charge on any atom is 0.0464 e. The molecule has 0 saturated carbocycles. The Morgan fingerprint density at radius 3 is 2.79 bits per heavy atom. The van der Waals surface area contributed by atoms with E-state index in [-0.39, 0.29) is 6.61 Å². The monoisotopic (exact) mass is 211 g/mol. The zero-order valence-corrected chi connectivity index (χ0v) is 9.47. The van der Waals surface area contributed by atoms with Crippen LogP contribution in [0, 0.1) is 12.8 Å². The number of nitrogen functional groups attached to an aromatic ring is 1. The first kappa shape index (κ1) is 11.4. The second kappa shape index (κ2) is 5.27. The Morgan fingerprint density at radius 2 is 2.21 bits per heavy atom. The number of aryl methyl sites for hydroxylation is 1. The van der Waals surface area contributed by atoms with E-state index in [1.54, 1.807) is 11.8 Å². The molecule has 0 aliphatic heterocycles. The molecule has 1 atom stereocenters. The highest BCUT2D eigenvalue weighted by molar-refractivity contribution is 7.99. The van der Waals surface area contributed by atoms with Crippen LogP contribution >= 0.6 is 11.8 Å². The van der Waals surface area contributed by atoms with Crippen molar-refractivity contribution in [2.24, 2.45) is 5.92 Å². The number of thioether (sulfide) groups is 1. The number of hydrogen-bond acceptors (Lipinski definition) is 3. The molecule has 2 nitrogen and oxygen atoms in total. The van der Waals surface area contributed by atoms with Gasteiger partial charge in [0.25, 0.3) is 0 Å². The number of benzene rings is 1. The van der Waals surface area contributed by atoms with Gasteiger partial charge in [-0.2, -0.15) is 0 Å². The van der Waals surface area contributed by atoms with Crippen LogP contribution in [-0.2, 0) is 0 Å². The third-order valence-electron chi connectivity index (χ3n) is 2.03. The van der Waals surface area contributed by atoms with Crippen LogP contribution in [0.25, 0.3) is 0 Å². The molecule has 0 fully saturated rings. The smallest absolute Gasteiger partial charge is 0.0464 e. The molecule has 3 heteroatoms. The van der Waals surface area contributed by atoms with E-state index in [4.69, 9.17) is 10.8 Å². The second-order valence-electron chi connectivity index (χ2n) is 3.62. The summed E-state index contributed by atoms with van der Waals surface area (Å²) in [5, 5.41) is 8.89. The molecule has 0 bridgehead atoms. The van der Waals surface area contributed by atoms with E-state index in [1.165, 1.54) is 10.5 Å². The molecule has 0 aromatic heterocycles. The van der Waals surface area contributed by atoms with E-state index in [0.717, 1.165) is 11.4 Å². The predicted octanol–water partition coefficient (Wildman–Crippen LogP) is 2.30. The van der Waals surface area contributed by atoms with Crippen LogP contribution in [0.1, 0.15) is 12.5 Å². The van der Waals surface area contributed by atoms with E-state index in [0.29, 0.717) is 5.92 Å². The van der Waals surface area contributed by atoms with Crippen LogP contribution in [0.5, 0.6) is 0 Å². The number of anilines is 1. The van der Waals surface area contributed by atoms with Gasteiger partial charge in [-0.25, -0.2) is 0 Å². The zero-order chi connectivity index (χ0) is 10.6. The molecule has 1 unspecified atom stereocenters. The first-order valence-electron chi connectivity index (χ1n) is 4.73. The lowest BCUT2D eigenvalue weighted by Gasteiger charge is -2.09. The highest BCUT2D eigenvalue weighted by Crippen LogP contribution is 2.25. The van der Waals surface area contributed by atoms with Crippen LogP contribution < -0.4 is 5.73 Å². The van der Waals surface area contributed by atoms with E-state index in [2.05, 4.69) is 6.92 Å². The molecule has 1 aromatic rings. The molecule has 3 N–H and O–H groups in total. The Labute approximate surface area is 89.5 Å². The Morgan fingerprint density at radius 1 is 1.50 bits per heavy atom. The second-order valence-corrected chi connectivity index (χ2v) is 4.69. The third-order valence-corrected chi connectivity index (χ3v) is 3.54. The summed E-state index contributed by atoms with van der Waals surface area (Å²) < 4.78 is 0. The minimum atomic E-state index is 0.251. The van der Waals surface area contributed by atoms with Crippen LogP contribution in [0.3, 0.4) is 0 Å². The molecule has 78 valence electrons. The van der Waals surface area contributed by atoms with E-state index >= 15 is 0 Å². The van der Waals surface area contributed by atoms with Crippen molar-refractivity contribution >= 4 is 17.4 Å². The number of rotatable bonds is 4. The van der Waals surface area contributed by atoms with Gasteiger partial charge in [0.2, 0.25) is 0 Å². The standard InChI is InChI=1S/C11H17NOS/c1-8(6-13)7-14-11-4-3-10(12)5-9(11)2/h3-5,8,13H,6-7,12H2,1-2H3. The molecule has 0 amide bonds. The summed E-state index contributed by atoms with van der Waals surface area (Å²) in [6.45, 7) is 4.35. The Kier molecular flexibility index (Phi) is 4.29. The Balaban J connectivity index is 2.59. The van der Waals surface area contributed by atoms with Gasteiger partial charge in [0.1, 0.15) is 0 Å². The zero-order valence-electron chi connectivity index (χ0n) is 8.66. The van der Waals surface area contributed by atoms with Crippen molar-refractivity contribution in [3.63, 3.8) is 0 Å². The number of aliphatic hydroxyl groups excluding tert-OH is 1. The van der Waals surface area contributed by atoms with Gasteiger partial charge in [-0.05, 0) is 36.6 Å². The quantitative estimate of drug-likeness (QED) is 0.593. The summed E-state index contributed by atoms with van der Waals surface area (Å²) >= 11 is 1.77. The topological polar surface area (TPSA) is 46.2 Å². The summed E-state index contributed by atoms with van der Waals surface area (Å²) in [4.78, 5) is 1.25. The molecule has 0 saturated heterocycles. The maximum atomic E-state index is 8.89. The van der Waals surface area contributed by atoms with Gasteiger partial charge in [0.15, 0.2) is 0 Å². The molecule has 14 heavy (non-hydrogen) atoms. The molecular weight excluding hydrogens is 194 g/mol. The van der Waals surface area contributed by atoms with E-state index in [1.807, 2.05) is 25.1 Å². The first-order valence-corrected chi connectivity index (χ1v) is 5.72. The summed E-state index contributed by atoms with van der Waals surface area (Å²) in [5.41, 5.74) is 7.68. The van der Waals surface area contributed by atoms with Crippen molar-refractivity contribution in [3.8, 4) is 0 Å². The largest absolute Gasteiger partial charge is 0.399 e. The van der Waals surface area contributed by atoms with Gasteiger partial charge >= 0.3 is 0 Å². The van der Waals surface area contributed by atoms with Crippen molar-refractivity contribution in [1.82, 2.24) is 0 Å². The van der Waals surface area contributed by atoms with Crippen LogP contribution in [0.15, 0.2) is 23.1 Å². The van der Waals surface area contributed by atoms with Crippen molar-refractivity contribution in [1.29, 1.82) is 0 Å². The molecule has 0 spiro atoms. The van der Waals surface area contributed by atoms with Gasteiger partial charge in [-0.3, -0.25) is 0 Å². The van der Waals surface area contributed by atoms with E-state index < -0.39 is 0 Å². The molecule has 1 rings (SSSR count). The van der Waals surface area contributed by atoms with Gasteiger partial charge in [-0.1, -0.05) is 6.92 Å². The van der Waals surface area contributed by atoms with Gasteiger partial charge in [0.05, 0.1) is 0 Å². The highest BCUT2D eigenvalue weighted by Gasteiger charge is 2.03. The van der Waals surface area contributed by atoms with Crippen molar-refractivity contribution in [3.05, 3.63) is 23.8 Å². The normalized spacial score (nSPS) is 12.8. The number of hydrogen-bond donors (Lipinski definition) is 2. The predicted molar refractivity (Wildman–Crippen MR) is 62.6 cm³/mol. The fourth-order valence-corrected chi connectivity index (χ4v) is 2.14.